The molecular formula is C45H56N2O4. The van der Waals surface area contributed by atoms with Gasteiger partial charge in [0.15, 0.2) is 0 Å². The molecule has 0 spiro atoms. The van der Waals surface area contributed by atoms with Gasteiger partial charge in [0, 0.05) is 25.7 Å². The first-order chi connectivity index (χ1) is 24.4. The van der Waals surface area contributed by atoms with Crippen molar-refractivity contribution in [2.24, 2.45) is 17.3 Å². The second-order valence-electron chi connectivity index (χ2n) is 15.5. The first kappa shape index (κ1) is 38.0. The Labute approximate surface area is 304 Å². The molecule has 1 aliphatic carbocycles. The lowest BCUT2D eigenvalue weighted by Gasteiger charge is -2.43. The lowest BCUT2D eigenvalue weighted by atomic mass is 9.75. The van der Waals surface area contributed by atoms with Gasteiger partial charge in [-0.15, -0.1) is 0 Å². The molecule has 0 unspecified atom stereocenters. The van der Waals surface area contributed by atoms with E-state index in [1.54, 1.807) is 0 Å². The van der Waals surface area contributed by atoms with Crippen LogP contribution in [0, 0.1) is 17.3 Å². The Morgan fingerprint density at radius 2 is 0.784 bits per heavy atom. The zero-order valence-corrected chi connectivity index (χ0v) is 30.7. The molecule has 0 bridgehead atoms. The van der Waals surface area contributed by atoms with Crippen LogP contribution < -0.4 is 10.6 Å². The largest absolute Gasteiger partial charge is 0.387 e. The highest BCUT2D eigenvalue weighted by molar-refractivity contribution is 6.05. The molecule has 2 atom stereocenters. The van der Waals surface area contributed by atoms with Crippen LogP contribution in [-0.4, -0.2) is 45.3 Å². The second-order valence-corrected chi connectivity index (χ2v) is 15.5. The van der Waals surface area contributed by atoms with Crippen LogP contribution in [-0.2, 0) is 35.3 Å². The smallest absolute Gasteiger partial charge is 0.236 e. The van der Waals surface area contributed by atoms with Crippen molar-refractivity contribution in [1.82, 2.24) is 10.6 Å². The van der Waals surface area contributed by atoms with E-state index in [-0.39, 0.29) is 23.7 Å². The molecule has 1 aliphatic rings. The maximum atomic E-state index is 14.7. The minimum absolute atomic E-state index is 0.127. The third-order valence-corrected chi connectivity index (χ3v) is 10.8. The molecular weight excluding hydrogens is 633 g/mol. The Morgan fingerprint density at radius 3 is 1.02 bits per heavy atom. The number of rotatable bonds is 16. The van der Waals surface area contributed by atoms with E-state index in [4.69, 9.17) is 0 Å². The first-order valence-electron chi connectivity index (χ1n) is 18.7. The topological polar surface area (TPSA) is 98.7 Å². The van der Waals surface area contributed by atoms with Gasteiger partial charge in [0.05, 0.1) is 23.3 Å². The van der Waals surface area contributed by atoms with Crippen LogP contribution in [0.5, 0.6) is 0 Å². The number of aliphatic hydroxyl groups is 2. The fourth-order valence-electron chi connectivity index (χ4n) is 8.30. The van der Waals surface area contributed by atoms with E-state index < -0.39 is 28.7 Å². The molecule has 51 heavy (non-hydrogen) atoms. The predicted octanol–water partition coefficient (Wildman–Crippen LogP) is 7.26. The number of hydrogen-bond donors (Lipinski definition) is 4. The number of amides is 2. The summed E-state index contributed by atoms with van der Waals surface area (Å²) in [5.74, 6) is -0.961. The van der Waals surface area contributed by atoms with Gasteiger partial charge in [-0.1, -0.05) is 162 Å². The second kappa shape index (κ2) is 16.8. The van der Waals surface area contributed by atoms with Gasteiger partial charge in [-0.2, -0.15) is 0 Å². The van der Waals surface area contributed by atoms with Gasteiger partial charge >= 0.3 is 0 Å². The minimum Gasteiger partial charge on any atom is -0.387 e. The summed E-state index contributed by atoms with van der Waals surface area (Å²) < 4.78 is 0. The third kappa shape index (κ3) is 9.35. The molecule has 0 heterocycles. The van der Waals surface area contributed by atoms with E-state index in [1.807, 2.05) is 149 Å². The van der Waals surface area contributed by atoms with Crippen molar-refractivity contribution in [3.05, 3.63) is 144 Å². The van der Waals surface area contributed by atoms with E-state index in [9.17, 15) is 19.8 Å². The Hall–Kier alpha value is -4.26. The van der Waals surface area contributed by atoms with Gasteiger partial charge < -0.3 is 20.8 Å². The van der Waals surface area contributed by atoms with Gasteiger partial charge in [0.1, 0.15) is 5.41 Å². The Bertz CT molecular complexity index is 1460. The van der Waals surface area contributed by atoms with Crippen LogP contribution in [0.15, 0.2) is 121 Å². The number of hydrogen-bond acceptors (Lipinski definition) is 4. The van der Waals surface area contributed by atoms with E-state index in [0.717, 1.165) is 35.1 Å². The maximum Gasteiger partial charge on any atom is 0.236 e. The molecule has 0 aromatic heterocycles. The van der Waals surface area contributed by atoms with Gasteiger partial charge in [-0.3, -0.25) is 9.59 Å². The van der Waals surface area contributed by atoms with Crippen LogP contribution in [0.2, 0.25) is 0 Å². The zero-order chi connectivity index (χ0) is 36.5. The summed E-state index contributed by atoms with van der Waals surface area (Å²) in [6.45, 7) is 8.04. The quantitative estimate of drug-likeness (QED) is 0.0932. The molecule has 6 heteroatoms. The van der Waals surface area contributed by atoms with Crippen molar-refractivity contribution in [2.45, 2.75) is 102 Å². The fraction of sp³-hybridized carbons (Fsp3) is 0.422. The Kier molecular flexibility index (Phi) is 12.5. The van der Waals surface area contributed by atoms with Crippen molar-refractivity contribution in [3.63, 3.8) is 0 Å². The van der Waals surface area contributed by atoms with E-state index in [1.165, 1.54) is 0 Å². The zero-order valence-electron chi connectivity index (χ0n) is 30.7. The molecule has 1 fully saturated rings. The summed E-state index contributed by atoms with van der Waals surface area (Å²) >= 11 is 0. The third-order valence-electron chi connectivity index (χ3n) is 10.8. The summed E-state index contributed by atoms with van der Waals surface area (Å²) in [7, 11) is 0. The Morgan fingerprint density at radius 1 is 0.529 bits per heavy atom. The van der Waals surface area contributed by atoms with Crippen LogP contribution in [0.25, 0.3) is 0 Å². The average Bonchev–Trinajstić information content (AvgIpc) is 3.62. The summed E-state index contributed by atoms with van der Waals surface area (Å²) in [5.41, 5.74) is -0.0783. The molecule has 0 saturated heterocycles. The summed E-state index contributed by atoms with van der Waals surface area (Å²) in [6.07, 6.45) is 3.67. The molecule has 2 amide bonds. The van der Waals surface area contributed by atoms with E-state index >= 15 is 0 Å². The molecule has 1 saturated carbocycles. The number of nitrogens with one attached hydrogen (secondary N) is 2. The van der Waals surface area contributed by atoms with Crippen LogP contribution in [0.1, 0.15) is 75.6 Å². The monoisotopic (exact) mass is 688 g/mol. The summed E-state index contributed by atoms with van der Waals surface area (Å²) in [5, 5.41) is 31.8. The summed E-state index contributed by atoms with van der Waals surface area (Å²) in [6, 6.07) is 38.2. The highest BCUT2D eigenvalue weighted by atomic mass is 16.3. The standard InChI is InChI=1S/C45H56N2O4/c1-33(2)39(44(50,29-35-19-9-5-10-20-35)30-36-21-11-6-12-22-36)46-41(48)43(27-17-18-28-43)42(49)47-40(34(3)4)45(51,31-37-23-13-7-14-24-37)32-38-25-15-8-16-26-38/h5-16,19-26,33-34,39-40,50-51H,17-18,27-32H2,1-4H3,(H,46,48)(H,47,49)/t39-,40-/m1/s1. The number of benzene rings is 4. The van der Waals surface area contributed by atoms with Crippen LogP contribution in [0.3, 0.4) is 0 Å². The predicted molar refractivity (Wildman–Crippen MR) is 205 cm³/mol. The molecule has 5 rings (SSSR count). The number of carbonyl (C=O) groups is 2. The van der Waals surface area contributed by atoms with Crippen LogP contribution in [0.4, 0.5) is 0 Å². The SMILES string of the molecule is CC(C)[C@@H](NC(=O)C1(C(=O)N[C@H](C(C)C)C(O)(Cc2ccccc2)Cc2ccccc2)CCCC1)C(O)(Cc1ccccc1)Cc1ccccc1. The maximum absolute atomic E-state index is 14.7. The first-order valence-corrected chi connectivity index (χ1v) is 18.7. The molecule has 270 valence electrons. The lowest BCUT2D eigenvalue weighted by Crippen LogP contribution is -2.64. The van der Waals surface area contributed by atoms with Crippen molar-refractivity contribution in [3.8, 4) is 0 Å². The lowest BCUT2D eigenvalue weighted by molar-refractivity contribution is -0.148. The Balaban J connectivity index is 1.46. The van der Waals surface area contributed by atoms with Crippen molar-refractivity contribution in [2.75, 3.05) is 0 Å². The highest BCUT2D eigenvalue weighted by Gasteiger charge is 2.52. The molecule has 4 N–H and O–H groups in total. The van der Waals surface area contributed by atoms with Crippen molar-refractivity contribution >= 4 is 11.8 Å². The number of carbonyl (C=O) groups excluding carboxylic acids is 2. The van der Waals surface area contributed by atoms with E-state index in [0.29, 0.717) is 38.5 Å². The van der Waals surface area contributed by atoms with Gasteiger partial charge in [0.25, 0.3) is 0 Å². The van der Waals surface area contributed by atoms with Gasteiger partial charge in [-0.25, -0.2) is 0 Å². The fourth-order valence-corrected chi connectivity index (χ4v) is 8.30. The molecule has 0 aliphatic heterocycles. The molecule has 4 aromatic carbocycles. The highest BCUT2D eigenvalue weighted by Crippen LogP contribution is 2.41. The molecule has 4 aromatic rings. The van der Waals surface area contributed by atoms with Gasteiger partial charge in [-0.05, 0) is 46.9 Å². The van der Waals surface area contributed by atoms with E-state index in [2.05, 4.69) is 10.6 Å². The molecule has 6 nitrogen and oxygen atoms in total. The average molecular weight is 689 g/mol. The van der Waals surface area contributed by atoms with Crippen LogP contribution >= 0.6 is 0 Å². The molecule has 0 radical (unpaired) electrons. The summed E-state index contributed by atoms with van der Waals surface area (Å²) in [4.78, 5) is 29.4. The van der Waals surface area contributed by atoms with Crippen molar-refractivity contribution in [1.29, 1.82) is 0 Å². The van der Waals surface area contributed by atoms with Crippen molar-refractivity contribution < 1.29 is 19.8 Å². The van der Waals surface area contributed by atoms with Gasteiger partial charge in [0.2, 0.25) is 11.8 Å². The minimum atomic E-state index is -1.32. The normalized spacial score (nSPS) is 15.8.